The topological polar surface area (TPSA) is 56.0 Å². The third-order valence-corrected chi connectivity index (χ3v) is 4.23. The van der Waals surface area contributed by atoms with Gasteiger partial charge in [0.2, 0.25) is 5.89 Å². The van der Waals surface area contributed by atoms with E-state index in [0.29, 0.717) is 16.7 Å². The molecule has 106 valence electrons. The van der Waals surface area contributed by atoms with E-state index < -0.39 is 10.8 Å². The van der Waals surface area contributed by atoms with Crippen molar-refractivity contribution in [1.82, 2.24) is 10.2 Å². The number of rotatable bonds is 4. The van der Waals surface area contributed by atoms with Crippen molar-refractivity contribution in [2.45, 2.75) is 11.0 Å². The molecule has 6 heteroatoms. The average Bonchev–Trinajstić information content (AvgIpc) is 3.00. The van der Waals surface area contributed by atoms with E-state index in [1.165, 1.54) is 0 Å². The first-order valence-corrected chi connectivity index (χ1v) is 7.94. The Labute approximate surface area is 129 Å². The lowest BCUT2D eigenvalue weighted by Gasteiger charge is -1.98. The Hall–Kier alpha value is -1.98. The molecule has 1 atom stereocenters. The summed E-state index contributed by atoms with van der Waals surface area (Å²) in [5.74, 6) is 0.684. The number of benzene rings is 2. The molecule has 0 amide bonds. The normalized spacial score (nSPS) is 12.2. The summed E-state index contributed by atoms with van der Waals surface area (Å²) in [6.45, 7) is 0. The molecule has 0 fully saturated rings. The van der Waals surface area contributed by atoms with Gasteiger partial charge in [0.15, 0.2) is 0 Å². The smallest absolute Gasteiger partial charge is 0.308 e. The molecule has 0 aliphatic heterocycles. The Morgan fingerprint density at radius 2 is 1.71 bits per heavy atom. The fourth-order valence-corrected chi connectivity index (χ4v) is 2.84. The molecule has 1 unspecified atom stereocenters. The van der Waals surface area contributed by atoms with Gasteiger partial charge in [0.05, 0.1) is 5.75 Å². The van der Waals surface area contributed by atoms with Crippen molar-refractivity contribution in [2.75, 3.05) is 0 Å². The van der Waals surface area contributed by atoms with Gasteiger partial charge in [-0.25, -0.2) is 4.21 Å². The van der Waals surface area contributed by atoms with Crippen molar-refractivity contribution in [3.05, 3.63) is 65.2 Å². The highest BCUT2D eigenvalue weighted by Crippen LogP contribution is 2.20. The van der Waals surface area contributed by atoms with Crippen LogP contribution in [0.3, 0.4) is 0 Å². The molecule has 1 heterocycles. The summed E-state index contributed by atoms with van der Waals surface area (Å²) in [5, 5.41) is 8.57. The van der Waals surface area contributed by atoms with Crippen LogP contribution in [0.2, 0.25) is 5.02 Å². The van der Waals surface area contributed by atoms with Crippen molar-refractivity contribution in [3.8, 4) is 11.5 Å². The predicted octanol–water partition coefficient (Wildman–Crippen LogP) is 3.70. The first kappa shape index (κ1) is 14.0. The van der Waals surface area contributed by atoms with E-state index in [4.69, 9.17) is 16.0 Å². The molecule has 21 heavy (non-hydrogen) atoms. The summed E-state index contributed by atoms with van der Waals surface area (Å²) in [4.78, 5) is 0. The van der Waals surface area contributed by atoms with Crippen molar-refractivity contribution in [3.63, 3.8) is 0 Å². The maximum Gasteiger partial charge on any atom is 0.308 e. The van der Waals surface area contributed by atoms with Gasteiger partial charge in [-0.05, 0) is 29.8 Å². The minimum Gasteiger partial charge on any atom is -0.410 e. The van der Waals surface area contributed by atoms with Gasteiger partial charge in [-0.2, -0.15) is 0 Å². The van der Waals surface area contributed by atoms with E-state index in [0.717, 1.165) is 11.1 Å². The SMILES string of the molecule is O=S(Cc1ccc(Cl)cc1)c1nnc(-c2ccccc2)o1. The van der Waals surface area contributed by atoms with Crippen molar-refractivity contribution >= 4 is 22.4 Å². The summed E-state index contributed by atoms with van der Waals surface area (Å²) >= 11 is 5.82. The molecular formula is C15H11ClN2O2S. The van der Waals surface area contributed by atoms with Crippen LogP contribution in [0.25, 0.3) is 11.5 Å². The van der Waals surface area contributed by atoms with Crippen LogP contribution in [0.1, 0.15) is 5.56 Å². The number of hydrogen-bond acceptors (Lipinski definition) is 4. The number of hydrogen-bond donors (Lipinski definition) is 0. The van der Waals surface area contributed by atoms with Crippen LogP contribution in [0.5, 0.6) is 0 Å². The second-order valence-electron chi connectivity index (χ2n) is 4.36. The molecule has 0 radical (unpaired) electrons. The molecular weight excluding hydrogens is 308 g/mol. The summed E-state index contributed by atoms with van der Waals surface area (Å²) in [7, 11) is -1.38. The van der Waals surface area contributed by atoms with Crippen LogP contribution in [-0.2, 0) is 16.6 Å². The van der Waals surface area contributed by atoms with E-state index in [9.17, 15) is 4.21 Å². The number of nitrogens with zero attached hydrogens (tertiary/aromatic N) is 2. The van der Waals surface area contributed by atoms with Gasteiger partial charge in [-0.3, -0.25) is 0 Å². The molecule has 0 aliphatic carbocycles. The minimum absolute atomic E-state index is 0.129. The van der Waals surface area contributed by atoms with E-state index in [1.54, 1.807) is 12.1 Å². The van der Waals surface area contributed by atoms with Gasteiger partial charge in [0.25, 0.3) is 0 Å². The monoisotopic (exact) mass is 318 g/mol. The highest BCUT2D eigenvalue weighted by atomic mass is 35.5. The Morgan fingerprint density at radius 1 is 1.00 bits per heavy atom. The predicted molar refractivity (Wildman–Crippen MR) is 81.3 cm³/mol. The summed E-state index contributed by atoms with van der Waals surface area (Å²) in [6.07, 6.45) is 0. The first-order chi connectivity index (χ1) is 10.2. The second-order valence-corrected chi connectivity index (χ2v) is 6.12. The van der Waals surface area contributed by atoms with Gasteiger partial charge in [0.1, 0.15) is 10.8 Å². The Kier molecular flexibility index (Phi) is 4.13. The van der Waals surface area contributed by atoms with Crippen LogP contribution < -0.4 is 0 Å². The fraction of sp³-hybridized carbons (Fsp3) is 0.0667. The van der Waals surface area contributed by atoms with Crippen LogP contribution in [0.4, 0.5) is 0 Å². The Morgan fingerprint density at radius 3 is 2.43 bits per heavy atom. The molecule has 0 aliphatic rings. The Balaban J connectivity index is 1.77. The molecule has 0 saturated carbocycles. The quantitative estimate of drug-likeness (QED) is 0.736. The van der Waals surface area contributed by atoms with Crippen molar-refractivity contribution in [2.24, 2.45) is 0 Å². The summed E-state index contributed by atoms with van der Waals surface area (Å²) < 4.78 is 17.7. The summed E-state index contributed by atoms with van der Waals surface area (Å²) in [6, 6.07) is 16.6. The zero-order valence-electron chi connectivity index (χ0n) is 10.9. The van der Waals surface area contributed by atoms with Crippen molar-refractivity contribution in [1.29, 1.82) is 0 Å². The molecule has 2 aromatic carbocycles. The lowest BCUT2D eigenvalue weighted by atomic mass is 10.2. The number of aromatic nitrogens is 2. The Bertz CT molecular complexity index is 757. The highest BCUT2D eigenvalue weighted by Gasteiger charge is 2.14. The fourth-order valence-electron chi connectivity index (χ4n) is 1.79. The third-order valence-electron chi connectivity index (χ3n) is 2.83. The van der Waals surface area contributed by atoms with Crippen LogP contribution in [-0.4, -0.2) is 14.4 Å². The minimum atomic E-state index is -1.38. The second kappa shape index (κ2) is 6.20. The molecule has 0 spiro atoms. The molecule has 3 aromatic rings. The molecule has 0 saturated heterocycles. The zero-order chi connectivity index (χ0) is 14.7. The van der Waals surface area contributed by atoms with Gasteiger partial charge in [0, 0.05) is 10.6 Å². The van der Waals surface area contributed by atoms with Gasteiger partial charge < -0.3 is 4.42 Å². The molecule has 0 N–H and O–H groups in total. The highest BCUT2D eigenvalue weighted by molar-refractivity contribution is 7.84. The van der Waals surface area contributed by atoms with Gasteiger partial charge >= 0.3 is 5.22 Å². The summed E-state index contributed by atoms with van der Waals surface area (Å²) in [5.41, 5.74) is 1.71. The lowest BCUT2D eigenvalue weighted by Crippen LogP contribution is -1.96. The van der Waals surface area contributed by atoms with Crippen LogP contribution in [0, 0.1) is 0 Å². The maximum atomic E-state index is 12.2. The third kappa shape index (κ3) is 3.37. The zero-order valence-corrected chi connectivity index (χ0v) is 12.5. The molecule has 4 nitrogen and oxygen atoms in total. The molecule has 3 rings (SSSR count). The molecule has 0 bridgehead atoms. The van der Waals surface area contributed by atoms with E-state index in [1.807, 2.05) is 42.5 Å². The van der Waals surface area contributed by atoms with E-state index >= 15 is 0 Å². The van der Waals surface area contributed by atoms with E-state index in [2.05, 4.69) is 10.2 Å². The largest absolute Gasteiger partial charge is 0.410 e. The van der Waals surface area contributed by atoms with Crippen molar-refractivity contribution < 1.29 is 8.63 Å². The average molecular weight is 319 g/mol. The first-order valence-electron chi connectivity index (χ1n) is 6.24. The van der Waals surface area contributed by atoms with Gasteiger partial charge in [-0.15, -0.1) is 5.10 Å². The lowest BCUT2D eigenvalue weighted by molar-refractivity contribution is 0.455. The molecule has 1 aromatic heterocycles. The standard InChI is InChI=1S/C15H11ClN2O2S/c16-13-8-6-11(7-9-13)10-21(19)15-18-17-14(20-15)12-4-2-1-3-5-12/h1-9H,10H2. The van der Waals surface area contributed by atoms with Gasteiger partial charge in [-0.1, -0.05) is 47.0 Å². The number of halogens is 1. The maximum absolute atomic E-state index is 12.2. The van der Waals surface area contributed by atoms with Crippen LogP contribution in [0.15, 0.2) is 64.2 Å². The van der Waals surface area contributed by atoms with Crippen LogP contribution >= 0.6 is 11.6 Å². The van der Waals surface area contributed by atoms with E-state index in [-0.39, 0.29) is 5.22 Å².